The monoisotopic (exact) mass is 372 g/mol. The molecule has 10 heteroatoms. The number of aryl methyl sites for hydroxylation is 1. The van der Waals surface area contributed by atoms with Crippen molar-refractivity contribution in [3.8, 4) is 5.75 Å². The fraction of sp³-hybridized carbons (Fsp3) is 0.286. The van der Waals surface area contributed by atoms with Crippen LogP contribution in [-0.2, 0) is 0 Å². The van der Waals surface area contributed by atoms with Crippen LogP contribution in [0.25, 0.3) is 0 Å². The predicted octanol–water partition coefficient (Wildman–Crippen LogP) is 3.13. The molecule has 0 atom stereocenters. The van der Waals surface area contributed by atoms with E-state index in [1.165, 1.54) is 6.92 Å². The lowest BCUT2D eigenvalue weighted by atomic mass is 10.3. The van der Waals surface area contributed by atoms with Gasteiger partial charge < -0.3 is 10.1 Å². The van der Waals surface area contributed by atoms with Crippen molar-refractivity contribution >= 4 is 34.8 Å². The Morgan fingerprint density at radius 1 is 1.46 bits per heavy atom. The molecule has 2 aromatic rings. The van der Waals surface area contributed by atoms with Crippen molar-refractivity contribution in [1.82, 2.24) is 15.5 Å². The lowest BCUT2D eigenvalue weighted by Gasteiger charge is -2.08. The molecule has 0 saturated heterocycles. The SMILES string of the molecule is Cc1[nH]nc(C(=O)NCCCOc2ccc(Cl)cc2Cl)c1[N+](=O)[O-]. The van der Waals surface area contributed by atoms with Gasteiger partial charge in [-0.3, -0.25) is 20.0 Å². The van der Waals surface area contributed by atoms with Crippen LogP contribution in [0.5, 0.6) is 5.75 Å². The molecule has 24 heavy (non-hydrogen) atoms. The molecule has 2 rings (SSSR count). The summed E-state index contributed by atoms with van der Waals surface area (Å²) in [7, 11) is 0. The van der Waals surface area contributed by atoms with E-state index in [4.69, 9.17) is 27.9 Å². The van der Waals surface area contributed by atoms with Crippen molar-refractivity contribution < 1.29 is 14.5 Å². The number of carbonyl (C=O) groups excluding carboxylic acids is 1. The maximum absolute atomic E-state index is 11.9. The number of hydrogen-bond donors (Lipinski definition) is 2. The van der Waals surface area contributed by atoms with Crippen LogP contribution in [0, 0.1) is 17.0 Å². The molecule has 0 bridgehead atoms. The number of aromatic nitrogens is 2. The molecule has 0 radical (unpaired) electrons. The number of hydrogen-bond acceptors (Lipinski definition) is 5. The van der Waals surface area contributed by atoms with E-state index in [9.17, 15) is 14.9 Å². The Kier molecular flexibility index (Phi) is 5.99. The van der Waals surface area contributed by atoms with Crippen LogP contribution >= 0.6 is 23.2 Å². The fourth-order valence-electron chi connectivity index (χ4n) is 1.94. The van der Waals surface area contributed by atoms with E-state index in [2.05, 4.69) is 15.5 Å². The zero-order valence-electron chi connectivity index (χ0n) is 12.6. The number of nitro groups is 1. The molecule has 1 heterocycles. The molecule has 2 N–H and O–H groups in total. The summed E-state index contributed by atoms with van der Waals surface area (Å²) in [5.41, 5.74) is -0.332. The van der Waals surface area contributed by atoms with Crippen molar-refractivity contribution in [3.63, 3.8) is 0 Å². The van der Waals surface area contributed by atoms with E-state index in [0.717, 1.165) is 0 Å². The summed E-state index contributed by atoms with van der Waals surface area (Å²) in [5, 5.41) is 20.5. The first-order valence-electron chi connectivity index (χ1n) is 6.95. The minimum absolute atomic E-state index is 0.228. The van der Waals surface area contributed by atoms with E-state index in [1.54, 1.807) is 18.2 Å². The highest BCUT2D eigenvalue weighted by molar-refractivity contribution is 6.35. The number of nitrogens with zero attached hydrogens (tertiary/aromatic N) is 2. The van der Waals surface area contributed by atoms with Crippen LogP contribution in [-0.4, -0.2) is 34.2 Å². The first-order chi connectivity index (χ1) is 11.4. The molecular weight excluding hydrogens is 359 g/mol. The average molecular weight is 373 g/mol. The van der Waals surface area contributed by atoms with E-state index >= 15 is 0 Å². The van der Waals surface area contributed by atoms with Crippen molar-refractivity contribution in [2.24, 2.45) is 0 Å². The molecule has 0 saturated carbocycles. The van der Waals surface area contributed by atoms with Gasteiger partial charge in [0.25, 0.3) is 5.91 Å². The second kappa shape index (κ2) is 7.98. The van der Waals surface area contributed by atoms with E-state index < -0.39 is 10.8 Å². The summed E-state index contributed by atoms with van der Waals surface area (Å²) in [6.45, 7) is 2.06. The number of rotatable bonds is 7. The number of amides is 1. The lowest BCUT2D eigenvalue weighted by Crippen LogP contribution is -2.26. The molecule has 8 nitrogen and oxygen atoms in total. The smallest absolute Gasteiger partial charge is 0.322 e. The molecule has 1 aromatic heterocycles. The van der Waals surface area contributed by atoms with Gasteiger partial charge in [-0.2, -0.15) is 5.10 Å². The van der Waals surface area contributed by atoms with Gasteiger partial charge in [-0.05, 0) is 31.5 Å². The van der Waals surface area contributed by atoms with Gasteiger partial charge in [-0.25, -0.2) is 0 Å². The highest BCUT2D eigenvalue weighted by atomic mass is 35.5. The molecule has 1 aromatic carbocycles. The van der Waals surface area contributed by atoms with Gasteiger partial charge in [-0.1, -0.05) is 23.2 Å². The Bertz CT molecular complexity index is 763. The summed E-state index contributed by atoms with van der Waals surface area (Å²) >= 11 is 11.8. The van der Waals surface area contributed by atoms with Crippen molar-refractivity contribution in [1.29, 1.82) is 0 Å². The third-order valence-electron chi connectivity index (χ3n) is 3.07. The Morgan fingerprint density at radius 2 is 2.21 bits per heavy atom. The maximum atomic E-state index is 11.9. The van der Waals surface area contributed by atoms with Crippen LogP contribution < -0.4 is 10.1 Å². The maximum Gasteiger partial charge on any atom is 0.322 e. The highest BCUT2D eigenvalue weighted by Crippen LogP contribution is 2.27. The van der Waals surface area contributed by atoms with Gasteiger partial charge in [0.15, 0.2) is 0 Å². The standard InChI is InChI=1S/C14H14Cl2N4O4/c1-8-13(20(22)23)12(19-18-8)14(21)17-5-2-6-24-11-4-3-9(15)7-10(11)16/h3-4,7H,2,5-6H2,1H3,(H,17,21)(H,18,19). The minimum Gasteiger partial charge on any atom is -0.492 e. The van der Waals surface area contributed by atoms with E-state index in [-0.39, 0.29) is 23.6 Å². The van der Waals surface area contributed by atoms with Gasteiger partial charge >= 0.3 is 5.69 Å². The summed E-state index contributed by atoms with van der Waals surface area (Å²) < 4.78 is 5.47. The van der Waals surface area contributed by atoms with E-state index in [1.807, 2.05) is 0 Å². The first-order valence-corrected chi connectivity index (χ1v) is 7.71. The fourth-order valence-corrected chi connectivity index (χ4v) is 2.40. The number of benzene rings is 1. The summed E-state index contributed by atoms with van der Waals surface area (Å²) in [6, 6.07) is 4.88. The van der Waals surface area contributed by atoms with Crippen molar-refractivity contribution in [2.45, 2.75) is 13.3 Å². The molecule has 0 aliphatic carbocycles. The van der Waals surface area contributed by atoms with Gasteiger partial charge in [-0.15, -0.1) is 0 Å². The third kappa shape index (κ3) is 4.36. The Morgan fingerprint density at radius 3 is 2.88 bits per heavy atom. The van der Waals surface area contributed by atoms with Gasteiger partial charge in [0.05, 0.1) is 16.6 Å². The third-order valence-corrected chi connectivity index (χ3v) is 3.60. The number of H-pyrrole nitrogens is 1. The quantitative estimate of drug-likeness (QED) is 0.440. The largest absolute Gasteiger partial charge is 0.492 e. The highest BCUT2D eigenvalue weighted by Gasteiger charge is 2.26. The molecule has 0 aliphatic heterocycles. The van der Waals surface area contributed by atoms with Crippen LogP contribution in [0.2, 0.25) is 10.0 Å². The number of ether oxygens (including phenoxy) is 1. The molecule has 0 unspecified atom stereocenters. The Hall–Kier alpha value is -2.32. The van der Waals surface area contributed by atoms with Crippen LogP contribution in [0.15, 0.2) is 18.2 Å². The number of carbonyl (C=O) groups is 1. The molecule has 0 fully saturated rings. The van der Waals surface area contributed by atoms with Gasteiger partial charge in [0.2, 0.25) is 5.69 Å². The van der Waals surface area contributed by atoms with Crippen molar-refractivity contribution in [2.75, 3.05) is 13.2 Å². The van der Waals surface area contributed by atoms with Gasteiger partial charge in [0, 0.05) is 11.6 Å². The topological polar surface area (TPSA) is 110 Å². The zero-order chi connectivity index (χ0) is 17.7. The summed E-state index contributed by atoms with van der Waals surface area (Å²) in [4.78, 5) is 22.2. The normalized spacial score (nSPS) is 10.5. The Balaban J connectivity index is 1.80. The van der Waals surface area contributed by atoms with E-state index in [0.29, 0.717) is 28.8 Å². The second-order valence-corrected chi connectivity index (χ2v) is 5.68. The lowest BCUT2D eigenvalue weighted by molar-refractivity contribution is -0.385. The molecule has 1 amide bonds. The minimum atomic E-state index is -0.639. The average Bonchev–Trinajstić information content (AvgIpc) is 2.90. The molecule has 0 aliphatic rings. The molecule has 128 valence electrons. The zero-order valence-corrected chi connectivity index (χ0v) is 14.1. The first kappa shape index (κ1) is 18.0. The number of halogens is 2. The molecular formula is C14H14Cl2N4O4. The summed E-state index contributed by atoms with van der Waals surface area (Å²) in [6.07, 6.45) is 0.488. The predicted molar refractivity (Wildman–Crippen MR) is 88.9 cm³/mol. The van der Waals surface area contributed by atoms with Crippen LogP contribution in [0.4, 0.5) is 5.69 Å². The summed E-state index contributed by atoms with van der Waals surface area (Å²) in [5.74, 6) is -0.124. The van der Waals surface area contributed by atoms with Gasteiger partial charge in [0.1, 0.15) is 11.4 Å². The second-order valence-electron chi connectivity index (χ2n) is 4.84. The Labute approximate surface area is 147 Å². The van der Waals surface area contributed by atoms with Crippen molar-refractivity contribution in [3.05, 3.63) is 49.7 Å². The number of nitrogens with one attached hydrogen (secondary N) is 2. The molecule has 0 spiro atoms. The van der Waals surface area contributed by atoms with Crippen LogP contribution in [0.1, 0.15) is 22.6 Å². The van der Waals surface area contributed by atoms with Crippen LogP contribution in [0.3, 0.4) is 0 Å². The number of aromatic amines is 1.